The van der Waals surface area contributed by atoms with E-state index >= 15 is 0 Å². The van der Waals surface area contributed by atoms with Gasteiger partial charge in [-0.1, -0.05) is 0 Å². The van der Waals surface area contributed by atoms with Crippen molar-refractivity contribution in [2.75, 3.05) is 6.54 Å². The topological polar surface area (TPSA) is 59.1 Å². The van der Waals surface area contributed by atoms with Gasteiger partial charge in [-0.2, -0.15) is 0 Å². The van der Waals surface area contributed by atoms with Gasteiger partial charge in [-0.15, -0.1) is 0 Å². The lowest BCUT2D eigenvalue weighted by Crippen LogP contribution is -2.00. The van der Waals surface area contributed by atoms with Crippen molar-refractivity contribution in [2.45, 2.75) is 12.8 Å². The predicted molar refractivity (Wildman–Crippen MR) is 46.9 cm³/mol. The Bertz CT molecular complexity index is 331. The standard InChI is InChI=1S/C8H12N4/c9-4-1-2-7-6-12-8(11-7)3-5-10-12/h3,5-6,10H,1-2,4,9H2. The minimum Gasteiger partial charge on any atom is -0.330 e. The molecule has 0 saturated carbocycles. The molecule has 0 amide bonds. The SMILES string of the molecule is NCCCc1cn2[nH]ccc2n1. The van der Waals surface area contributed by atoms with Crippen molar-refractivity contribution in [2.24, 2.45) is 5.73 Å². The van der Waals surface area contributed by atoms with Crippen LogP contribution < -0.4 is 5.73 Å². The van der Waals surface area contributed by atoms with Gasteiger partial charge in [-0.3, -0.25) is 0 Å². The Balaban J connectivity index is 2.21. The molecule has 0 aliphatic rings. The van der Waals surface area contributed by atoms with E-state index in [1.807, 2.05) is 23.0 Å². The molecule has 2 rings (SSSR count). The molecule has 2 heterocycles. The summed E-state index contributed by atoms with van der Waals surface area (Å²) in [6.07, 6.45) is 5.84. The number of hydrogen-bond donors (Lipinski definition) is 2. The summed E-state index contributed by atoms with van der Waals surface area (Å²) < 4.78 is 1.91. The van der Waals surface area contributed by atoms with Crippen LogP contribution in [0.5, 0.6) is 0 Å². The third kappa shape index (κ3) is 1.21. The third-order valence-corrected chi connectivity index (χ3v) is 1.87. The Morgan fingerprint density at radius 2 is 2.50 bits per heavy atom. The minimum absolute atomic E-state index is 0.728. The van der Waals surface area contributed by atoms with Gasteiger partial charge in [0.05, 0.1) is 11.9 Å². The molecule has 0 fully saturated rings. The normalized spacial score (nSPS) is 11.1. The Morgan fingerprint density at radius 3 is 3.25 bits per heavy atom. The Morgan fingerprint density at radius 1 is 1.58 bits per heavy atom. The van der Waals surface area contributed by atoms with Crippen LogP contribution in [0.25, 0.3) is 5.65 Å². The van der Waals surface area contributed by atoms with E-state index in [1.54, 1.807) is 0 Å². The smallest absolute Gasteiger partial charge is 0.153 e. The summed E-state index contributed by atoms with van der Waals surface area (Å²) >= 11 is 0. The van der Waals surface area contributed by atoms with Crippen molar-refractivity contribution in [3.8, 4) is 0 Å². The highest BCUT2D eigenvalue weighted by Gasteiger charge is 1.99. The number of nitrogens with zero attached hydrogens (tertiary/aromatic N) is 2. The first-order chi connectivity index (χ1) is 5.90. The van der Waals surface area contributed by atoms with Crippen molar-refractivity contribution >= 4 is 5.65 Å². The van der Waals surface area contributed by atoms with Gasteiger partial charge in [0.25, 0.3) is 0 Å². The fraction of sp³-hybridized carbons (Fsp3) is 0.375. The van der Waals surface area contributed by atoms with Gasteiger partial charge in [0.2, 0.25) is 0 Å². The van der Waals surface area contributed by atoms with E-state index in [0.717, 1.165) is 30.7 Å². The maximum absolute atomic E-state index is 5.40. The average Bonchev–Trinajstić information content (AvgIpc) is 2.58. The monoisotopic (exact) mass is 164 g/mol. The summed E-state index contributed by atoms with van der Waals surface area (Å²) in [7, 11) is 0. The molecular formula is C8H12N4. The number of hydrogen-bond acceptors (Lipinski definition) is 2. The zero-order valence-electron chi connectivity index (χ0n) is 6.83. The molecule has 2 aromatic rings. The van der Waals surface area contributed by atoms with Gasteiger partial charge in [0, 0.05) is 12.3 Å². The van der Waals surface area contributed by atoms with Crippen LogP contribution in [0, 0.1) is 0 Å². The van der Waals surface area contributed by atoms with Crippen LogP contribution in [-0.4, -0.2) is 21.1 Å². The van der Waals surface area contributed by atoms with Gasteiger partial charge in [0.1, 0.15) is 0 Å². The lowest BCUT2D eigenvalue weighted by Gasteiger charge is -1.90. The molecule has 0 unspecified atom stereocenters. The van der Waals surface area contributed by atoms with Crippen molar-refractivity contribution in [1.82, 2.24) is 14.6 Å². The third-order valence-electron chi connectivity index (χ3n) is 1.87. The molecule has 4 nitrogen and oxygen atoms in total. The zero-order chi connectivity index (χ0) is 8.39. The largest absolute Gasteiger partial charge is 0.330 e. The van der Waals surface area contributed by atoms with Gasteiger partial charge >= 0.3 is 0 Å². The van der Waals surface area contributed by atoms with Gasteiger partial charge in [-0.05, 0) is 19.4 Å². The second kappa shape index (κ2) is 2.98. The molecular weight excluding hydrogens is 152 g/mol. The summed E-state index contributed by atoms with van der Waals surface area (Å²) in [6, 6.07) is 1.95. The molecule has 0 aliphatic heterocycles. The number of aromatic amines is 1. The van der Waals surface area contributed by atoms with Gasteiger partial charge < -0.3 is 10.8 Å². The van der Waals surface area contributed by atoms with E-state index in [1.165, 1.54) is 0 Å². The number of H-pyrrole nitrogens is 1. The Labute approximate surface area is 70.4 Å². The van der Waals surface area contributed by atoms with Crippen molar-refractivity contribution < 1.29 is 0 Å². The molecule has 3 N–H and O–H groups in total. The molecule has 0 atom stereocenters. The first kappa shape index (κ1) is 7.36. The van der Waals surface area contributed by atoms with Crippen LogP contribution in [0.2, 0.25) is 0 Å². The first-order valence-corrected chi connectivity index (χ1v) is 4.11. The van der Waals surface area contributed by atoms with Crippen LogP contribution in [0.4, 0.5) is 0 Å². The summed E-state index contributed by atoms with van der Waals surface area (Å²) in [6.45, 7) is 0.728. The van der Waals surface area contributed by atoms with Crippen LogP contribution in [0.1, 0.15) is 12.1 Å². The van der Waals surface area contributed by atoms with Crippen molar-refractivity contribution in [3.05, 3.63) is 24.2 Å². The summed E-state index contributed by atoms with van der Waals surface area (Å²) in [5.74, 6) is 0. The second-order valence-corrected chi connectivity index (χ2v) is 2.82. The van der Waals surface area contributed by atoms with E-state index in [-0.39, 0.29) is 0 Å². The van der Waals surface area contributed by atoms with Crippen LogP contribution >= 0.6 is 0 Å². The van der Waals surface area contributed by atoms with Crippen molar-refractivity contribution in [3.63, 3.8) is 0 Å². The summed E-state index contributed by atoms with van der Waals surface area (Å²) in [5.41, 5.74) is 7.48. The first-order valence-electron chi connectivity index (χ1n) is 4.11. The number of rotatable bonds is 3. The quantitative estimate of drug-likeness (QED) is 0.696. The highest BCUT2D eigenvalue weighted by molar-refractivity contribution is 5.37. The summed E-state index contributed by atoms with van der Waals surface area (Å²) in [4.78, 5) is 4.39. The molecule has 0 bridgehead atoms. The number of aromatic nitrogens is 3. The van der Waals surface area contributed by atoms with E-state index in [0.29, 0.717) is 0 Å². The molecule has 4 heteroatoms. The molecule has 0 spiro atoms. The maximum atomic E-state index is 5.40. The zero-order valence-corrected chi connectivity index (χ0v) is 6.83. The predicted octanol–water partition coefficient (Wildman–Crippen LogP) is 0.554. The fourth-order valence-electron chi connectivity index (χ4n) is 1.26. The number of fused-ring (bicyclic) bond motifs is 1. The molecule has 0 radical (unpaired) electrons. The number of nitrogens with two attached hydrogens (primary N) is 1. The number of aryl methyl sites for hydroxylation is 1. The highest BCUT2D eigenvalue weighted by Crippen LogP contribution is 2.04. The molecule has 12 heavy (non-hydrogen) atoms. The van der Waals surface area contributed by atoms with E-state index in [4.69, 9.17) is 5.73 Å². The Kier molecular flexibility index (Phi) is 1.83. The minimum atomic E-state index is 0.728. The molecule has 0 aliphatic carbocycles. The highest BCUT2D eigenvalue weighted by atomic mass is 15.2. The van der Waals surface area contributed by atoms with Gasteiger partial charge in [-0.25, -0.2) is 9.50 Å². The second-order valence-electron chi connectivity index (χ2n) is 2.82. The number of imidazole rings is 1. The lowest BCUT2D eigenvalue weighted by atomic mass is 10.2. The van der Waals surface area contributed by atoms with Crippen LogP contribution in [-0.2, 0) is 6.42 Å². The average molecular weight is 164 g/mol. The van der Waals surface area contributed by atoms with Crippen LogP contribution in [0.3, 0.4) is 0 Å². The molecule has 2 aromatic heterocycles. The molecule has 64 valence electrons. The van der Waals surface area contributed by atoms with E-state index < -0.39 is 0 Å². The Hall–Kier alpha value is -1.29. The molecule has 0 saturated heterocycles. The maximum Gasteiger partial charge on any atom is 0.153 e. The van der Waals surface area contributed by atoms with Crippen LogP contribution in [0.15, 0.2) is 18.5 Å². The summed E-state index contributed by atoms with van der Waals surface area (Å²) in [5, 5.41) is 3.04. The fourth-order valence-corrected chi connectivity index (χ4v) is 1.26. The van der Waals surface area contributed by atoms with E-state index in [2.05, 4.69) is 10.1 Å². The van der Waals surface area contributed by atoms with Gasteiger partial charge in [0.15, 0.2) is 5.65 Å². The number of nitrogens with one attached hydrogen (secondary N) is 1. The van der Waals surface area contributed by atoms with E-state index in [9.17, 15) is 0 Å². The lowest BCUT2D eigenvalue weighted by molar-refractivity contribution is 0.814. The van der Waals surface area contributed by atoms with Crippen molar-refractivity contribution in [1.29, 1.82) is 0 Å². The molecule has 0 aromatic carbocycles.